The smallest absolute Gasteiger partial charge is 0.328 e. The van der Waals surface area contributed by atoms with Crippen molar-refractivity contribution in [2.45, 2.75) is 26.8 Å². The van der Waals surface area contributed by atoms with E-state index in [0.29, 0.717) is 12.4 Å². The molecule has 1 N–H and O–H groups in total. The van der Waals surface area contributed by atoms with Crippen LogP contribution in [0.4, 0.5) is 5.82 Å². The average molecular weight is 265 g/mol. The van der Waals surface area contributed by atoms with Gasteiger partial charge >= 0.3 is 5.97 Å². The minimum absolute atomic E-state index is 0.281. The highest BCUT2D eigenvalue weighted by Crippen LogP contribution is 2.27. The van der Waals surface area contributed by atoms with Crippen molar-refractivity contribution < 1.29 is 9.53 Å². The van der Waals surface area contributed by atoms with Gasteiger partial charge in [-0.15, -0.1) is 11.3 Å². The van der Waals surface area contributed by atoms with E-state index in [-0.39, 0.29) is 5.97 Å². The Labute approximate surface area is 109 Å². The molecule has 0 aromatic carbocycles. The number of nitrogens with one attached hydrogen (secondary N) is 1. The van der Waals surface area contributed by atoms with Gasteiger partial charge in [-0.2, -0.15) is 0 Å². The van der Waals surface area contributed by atoms with Crippen LogP contribution in [0.25, 0.3) is 10.2 Å². The molecule has 96 valence electrons. The van der Waals surface area contributed by atoms with Crippen LogP contribution in [-0.4, -0.2) is 28.6 Å². The summed E-state index contributed by atoms with van der Waals surface area (Å²) in [7, 11) is 0. The van der Waals surface area contributed by atoms with Gasteiger partial charge in [0.15, 0.2) is 0 Å². The molecule has 0 aliphatic carbocycles. The van der Waals surface area contributed by atoms with Gasteiger partial charge in [0.25, 0.3) is 0 Å². The lowest BCUT2D eigenvalue weighted by Gasteiger charge is -2.13. The summed E-state index contributed by atoms with van der Waals surface area (Å²) in [5.41, 5.74) is 0. The monoisotopic (exact) mass is 265 g/mol. The molecular weight excluding hydrogens is 250 g/mol. The maximum Gasteiger partial charge on any atom is 0.328 e. The van der Waals surface area contributed by atoms with Gasteiger partial charge in [0.05, 0.1) is 12.0 Å². The van der Waals surface area contributed by atoms with Crippen molar-refractivity contribution in [3.8, 4) is 0 Å². The molecule has 0 bridgehead atoms. The third-order valence-electron chi connectivity index (χ3n) is 2.45. The van der Waals surface area contributed by atoms with Gasteiger partial charge in [-0.1, -0.05) is 0 Å². The van der Waals surface area contributed by atoms with Crippen molar-refractivity contribution >= 4 is 33.3 Å². The number of ether oxygens (including phenoxy) is 1. The first kappa shape index (κ1) is 12.8. The van der Waals surface area contributed by atoms with Gasteiger partial charge in [-0.25, -0.2) is 14.8 Å². The number of aryl methyl sites for hydroxylation is 1. The number of anilines is 1. The van der Waals surface area contributed by atoms with E-state index in [2.05, 4.69) is 15.3 Å². The fourth-order valence-electron chi connectivity index (χ4n) is 1.62. The van der Waals surface area contributed by atoms with Gasteiger partial charge < -0.3 is 10.1 Å². The molecule has 0 aliphatic rings. The fraction of sp³-hybridized carbons (Fsp3) is 0.417. The number of nitrogens with zero attached hydrogens (tertiary/aromatic N) is 2. The first-order valence-electron chi connectivity index (χ1n) is 5.76. The summed E-state index contributed by atoms with van der Waals surface area (Å²) in [6, 6.07) is 1.59. The Hall–Kier alpha value is -1.69. The number of aromatic nitrogens is 2. The Morgan fingerprint density at radius 1 is 1.56 bits per heavy atom. The molecule has 0 fully saturated rings. The van der Waals surface area contributed by atoms with Gasteiger partial charge in [0.2, 0.25) is 0 Å². The zero-order chi connectivity index (χ0) is 13.1. The molecular formula is C12H15N3O2S. The number of carbonyl (C=O) groups is 1. The molecule has 0 spiro atoms. The third kappa shape index (κ3) is 2.59. The molecule has 2 aromatic rings. The van der Waals surface area contributed by atoms with E-state index in [9.17, 15) is 4.79 Å². The predicted molar refractivity (Wildman–Crippen MR) is 71.9 cm³/mol. The lowest BCUT2D eigenvalue weighted by atomic mass is 10.3. The molecule has 2 rings (SSSR count). The molecule has 1 atom stereocenters. The number of rotatable bonds is 4. The van der Waals surface area contributed by atoms with Crippen molar-refractivity contribution in [3.63, 3.8) is 0 Å². The molecule has 0 amide bonds. The van der Waals surface area contributed by atoms with Crippen molar-refractivity contribution in [1.82, 2.24) is 9.97 Å². The Balaban J connectivity index is 2.23. The van der Waals surface area contributed by atoms with E-state index < -0.39 is 6.04 Å². The van der Waals surface area contributed by atoms with E-state index in [1.54, 1.807) is 25.2 Å². The summed E-state index contributed by atoms with van der Waals surface area (Å²) < 4.78 is 4.95. The molecule has 5 nitrogen and oxygen atoms in total. The van der Waals surface area contributed by atoms with Gasteiger partial charge in [0, 0.05) is 4.88 Å². The summed E-state index contributed by atoms with van der Waals surface area (Å²) in [5, 5.41) is 4.00. The third-order valence-corrected chi connectivity index (χ3v) is 3.40. The van der Waals surface area contributed by atoms with Crippen molar-refractivity contribution in [2.75, 3.05) is 11.9 Å². The van der Waals surface area contributed by atoms with Crippen LogP contribution in [0.5, 0.6) is 0 Å². The van der Waals surface area contributed by atoms with Crippen LogP contribution in [-0.2, 0) is 9.53 Å². The Morgan fingerprint density at radius 3 is 3.06 bits per heavy atom. The molecule has 0 radical (unpaired) electrons. The number of esters is 1. The van der Waals surface area contributed by atoms with Crippen molar-refractivity contribution in [1.29, 1.82) is 0 Å². The normalized spacial score (nSPS) is 12.4. The van der Waals surface area contributed by atoms with Crippen molar-refractivity contribution in [3.05, 3.63) is 17.3 Å². The minimum Gasteiger partial charge on any atom is -0.464 e. The number of thiophene rings is 1. The van der Waals surface area contributed by atoms with E-state index in [4.69, 9.17) is 4.74 Å². The number of hydrogen-bond acceptors (Lipinski definition) is 6. The number of hydrogen-bond donors (Lipinski definition) is 1. The zero-order valence-corrected chi connectivity index (χ0v) is 11.4. The van der Waals surface area contributed by atoms with Gasteiger partial charge in [0.1, 0.15) is 23.0 Å². The van der Waals surface area contributed by atoms with E-state index in [1.807, 2.05) is 13.0 Å². The maximum atomic E-state index is 11.6. The molecule has 2 aromatic heterocycles. The largest absolute Gasteiger partial charge is 0.464 e. The highest BCUT2D eigenvalue weighted by molar-refractivity contribution is 7.18. The molecule has 18 heavy (non-hydrogen) atoms. The van der Waals surface area contributed by atoms with Crippen LogP contribution in [0.2, 0.25) is 0 Å². The zero-order valence-electron chi connectivity index (χ0n) is 10.6. The van der Waals surface area contributed by atoms with Crippen LogP contribution in [0.15, 0.2) is 12.4 Å². The van der Waals surface area contributed by atoms with Crippen molar-refractivity contribution in [2.24, 2.45) is 0 Å². The average Bonchev–Trinajstić information content (AvgIpc) is 2.71. The molecule has 2 heterocycles. The van der Waals surface area contributed by atoms with Crippen LogP contribution >= 0.6 is 11.3 Å². The van der Waals surface area contributed by atoms with Crippen LogP contribution < -0.4 is 5.32 Å². The second kappa shape index (κ2) is 5.30. The Bertz CT molecular complexity index is 567. The summed E-state index contributed by atoms with van der Waals surface area (Å²) in [4.78, 5) is 22.0. The highest BCUT2D eigenvalue weighted by atomic mass is 32.1. The molecule has 0 aliphatic heterocycles. The molecule has 0 saturated heterocycles. The topological polar surface area (TPSA) is 64.1 Å². The van der Waals surface area contributed by atoms with Crippen LogP contribution in [0.1, 0.15) is 18.7 Å². The summed E-state index contributed by atoms with van der Waals surface area (Å²) in [5.74, 6) is 0.390. The lowest BCUT2D eigenvalue weighted by molar-refractivity contribution is -0.143. The quantitative estimate of drug-likeness (QED) is 0.860. The van der Waals surface area contributed by atoms with E-state index in [1.165, 1.54) is 6.33 Å². The highest BCUT2D eigenvalue weighted by Gasteiger charge is 2.16. The lowest BCUT2D eigenvalue weighted by Crippen LogP contribution is -2.28. The summed E-state index contributed by atoms with van der Waals surface area (Å²) >= 11 is 1.60. The maximum absolute atomic E-state index is 11.6. The Kier molecular flexibility index (Phi) is 3.76. The van der Waals surface area contributed by atoms with Crippen LogP contribution in [0.3, 0.4) is 0 Å². The van der Waals surface area contributed by atoms with Gasteiger partial charge in [-0.3, -0.25) is 0 Å². The first-order chi connectivity index (χ1) is 8.61. The number of fused-ring (bicyclic) bond motifs is 1. The molecule has 1 unspecified atom stereocenters. The summed E-state index contributed by atoms with van der Waals surface area (Å²) in [6.45, 7) is 5.94. The van der Waals surface area contributed by atoms with Crippen LogP contribution in [0, 0.1) is 6.92 Å². The minimum atomic E-state index is -0.428. The van der Waals surface area contributed by atoms with Gasteiger partial charge in [-0.05, 0) is 26.8 Å². The summed E-state index contributed by atoms with van der Waals surface area (Å²) in [6.07, 6.45) is 1.50. The fourth-order valence-corrected chi connectivity index (χ4v) is 2.47. The van der Waals surface area contributed by atoms with E-state index in [0.717, 1.165) is 15.1 Å². The SMILES string of the molecule is CCOC(=O)C(C)Nc1ncnc2sc(C)cc12. The Morgan fingerprint density at radius 2 is 2.33 bits per heavy atom. The first-order valence-corrected chi connectivity index (χ1v) is 6.57. The van der Waals surface area contributed by atoms with E-state index >= 15 is 0 Å². The molecule has 0 saturated carbocycles. The predicted octanol–water partition coefficient (Wildman–Crippen LogP) is 2.36. The number of carbonyl (C=O) groups excluding carboxylic acids is 1. The standard InChI is InChI=1S/C12H15N3O2S/c1-4-17-12(16)8(3)15-10-9-5-7(2)18-11(9)14-6-13-10/h5-6,8H,4H2,1-3H3,(H,13,14,15). The second-order valence-electron chi connectivity index (χ2n) is 3.92. The second-order valence-corrected chi connectivity index (χ2v) is 5.15. The molecule has 6 heteroatoms.